The van der Waals surface area contributed by atoms with Gasteiger partial charge >= 0.3 is 0 Å². The third-order valence-electron chi connectivity index (χ3n) is 6.49. The molecule has 0 radical (unpaired) electrons. The number of amides is 1. The predicted octanol–water partition coefficient (Wildman–Crippen LogP) is 3.27. The fraction of sp³-hybridized carbons (Fsp3) is 0.357. The average molecular weight is 459 g/mol. The number of rotatable bonds is 8. The molecule has 0 bridgehead atoms. The van der Waals surface area contributed by atoms with Crippen molar-refractivity contribution in [3.63, 3.8) is 0 Å². The van der Waals surface area contributed by atoms with E-state index in [4.69, 9.17) is 0 Å². The molecule has 2 heterocycles. The number of carbonyl (C=O) groups excluding carboxylic acids is 1. The van der Waals surface area contributed by atoms with E-state index in [9.17, 15) is 9.59 Å². The van der Waals surface area contributed by atoms with Gasteiger partial charge in [-0.15, -0.1) is 0 Å². The van der Waals surface area contributed by atoms with Gasteiger partial charge < -0.3 is 14.8 Å². The third-order valence-corrected chi connectivity index (χ3v) is 6.49. The predicted molar refractivity (Wildman–Crippen MR) is 136 cm³/mol. The molecule has 1 amide bonds. The first-order valence-corrected chi connectivity index (χ1v) is 12.1. The number of hydrogen-bond acceptors (Lipinski definition) is 4. The van der Waals surface area contributed by atoms with E-state index >= 15 is 0 Å². The molecule has 6 heteroatoms. The van der Waals surface area contributed by atoms with Gasteiger partial charge in [-0.1, -0.05) is 61.0 Å². The molecule has 0 atom stereocenters. The number of aromatic nitrogens is 1. The SMILES string of the molecule is CCN1CCN(Cc2ccc(CNC(=O)c3cccn(Cc4cccc(C)c4)c3=O)cc2)CC1. The van der Waals surface area contributed by atoms with Crippen molar-refractivity contribution in [3.8, 4) is 0 Å². The second kappa shape index (κ2) is 11.3. The van der Waals surface area contributed by atoms with Gasteiger partial charge in [-0.05, 0) is 42.3 Å². The minimum Gasteiger partial charge on any atom is -0.348 e. The van der Waals surface area contributed by atoms with Gasteiger partial charge in [0.15, 0.2) is 0 Å². The Morgan fingerprint density at radius 2 is 1.56 bits per heavy atom. The highest BCUT2D eigenvalue weighted by Crippen LogP contribution is 2.11. The summed E-state index contributed by atoms with van der Waals surface area (Å²) in [5.41, 5.74) is 4.36. The molecule has 178 valence electrons. The fourth-order valence-corrected chi connectivity index (χ4v) is 4.40. The maximum atomic E-state index is 12.9. The molecule has 0 spiro atoms. The molecule has 4 rings (SSSR count). The number of aryl methyl sites for hydroxylation is 1. The molecule has 0 saturated carbocycles. The average Bonchev–Trinajstić information content (AvgIpc) is 2.85. The second-order valence-electron chi connectivity index (χ2n) is 9.05. The minimum absolute atomic E-state index is 0.165. The molecule has 0 aliphatic carbocycles. The summed E-state index contributed by atoms with van der Waals surface area (Å²) in [6.45, 7) is 11.6. The van der Waals surface area contributed by atoms with Crippen LogP contribution < -0.4 is 10.9 Å². The van der Waals surface area contributed by atoms with Gasteiger partial charge in [-0.25, -0.2) is 0 Å². The highest BCUT2D eigenvalue weighted by atomic mass is 16.2. The zero-order valence-electron chi connectivity index (χ0n) is 20.2. The van der Waals surface area contributed by atoms with Crippen LogP contribution in [0.15, 0.2) is 71.7 Å². The van der Waals surface area contributed by atoms with Crippen molar-refractivity contribution in [1.82, 2.24) is 19.7 Å². The lowest BCUT2D eigenvalue weighted by atomic mass is 10.1. The lowest BCUT2D eigenvalue weighted by molar-refractivity contribution is 0.0949. The van der Waals surface area contributed by atoms with Crippen LogP contribution in [0.1, 0.15) is 39.5 Å². The minimum atomic E-state index is -0.346. The maximum absolute atomic E-state index is 12.9. The first-order valence-electron chi connectivity index (χ1n) is 12.1. The van der Waals surface area contributed by atoms with Gasteiger partial charge in [0.05, 0.1) is 6.54 Å². The topological polar surface area (TPSA) is 57.6 Å². The van der Waals surface area contributed by atoms with Crippen LogP contribution in [0.3, 0.4) is 0 Å². The highest BCUT2D eigenvalue weighted by molar-refractivity contribution is 5.93. The highest BCUT2D eigenvalue weighted by Gasteiger charge is 2.16. The number of likely N-dealkylation sites (N-methyl/N-ethyl adjacent to an activating group) is 1. The molecular formula is C28H34N4O2. The second-order valence-corrected chi connectivity index (χ2v) is 9.05. The maximum Gasteiger partial charge on any atom is 0.263 e. The first-order chi connectivity index (χ1) is 16.5. The molecule has 1 aromatic heterocycles. The molecule has 1 fully saturated rings. The molecular weight excluding hydrogens is 424 g/mol. The summed E-state index contributed by atoms with van der Waals surface area (Å²) in [7, 11) is 0. The Kier molecular flexibility index (Phi) is 7.93. The van der Waals surface area contributed by atoms with Crippen LogP contribution in [-0.4, -0.2) is 53.0 Å². The van der Waals surface area contributed by atoms with Crippen LogP contribution in [0.4, 0.5) is 0 Å². The standard InChI is InChI=1S/C28H34N4O2/c1-3-30-14-16-31(17-15-30)20-24-11-9-23(10-12-24)19-29-27(33)26-8-5-13-32(28(26)34)21-25-7-4-6-22(2)18-25/h4-13,18H,3,14-17,19-21H2,1-2H3,(H,29,33). The first kappa shape index (κ1) is 23.9. The molecule has 34 heavy (non-hydrogen) atoms. The number of piperazine rings is 1. The molecule has 2 aromatic carbocycles. The molecule has 0 unspecified atom stereocenters. The molecule has 1 aliphatic heterocycles. The summed E-state index contributed by atoms with van der Waals surface area (Å²) in [5, 5.41) is 2.90. The summed E-state index contributed by atoms with van der Waals surface area (Å²) in [6, 6.07) is 19.7. The van der Waals surface area contributed by atoms with E-state index < -0.39 is 0 Å². The molecule has 6 nitrogen and oxygen atoms in total. The summed E-state index contributed by atoms with van der Waals surface area (Å²) >= 11 is 0. The summed E-state index contributed by atoms with van der Waals surface area (Å²) in [4.78, 5) is 30.6. The van der Waals surface area contributed by atoms with E-state index in [2.05, 4.69) is 46.3 Å². The quantitative estimate of drug-likeness (QED) is 0.563. The van der Waals surface area contributed by atoms with Gasteiger partial charge in [0.2, 0.25) is 0 Å². The Bertz CT molecular complexity index is 1160. The van der Waals surface area contributed by atoms with Crippen molar-refractivity contribution in [3.05, 3.63) is 105 Å². The number of pyridine rings is 1. The molecule has 3 aromatic rings. The van der Waals surface area contributed by atoms with Crippen molar-refractivity contribution in [2.75, 3.05) is 32.7 Å². The van der Waals surface area contributed by atoms with Crippen LogP contribution in [-0.2, 0) is 19.6 Å². The Balaban J connectivity index is 1.32. The monoisotopic (exact) mass is 458 g/mol. The largest absolute Gasteiger partial charge is 0.348 e. The van der Waals surface area contributed by atoms with Crippen molar-refractivity contribution >= 4 is 5.91 Å². The van der Waals surface area contributed by atoms with Gasteiger partial charge in [0.1, 0.15) is 5.56 Å². The molecule has 1 N–H and O–H groups in total. The van der Waals surface area contributed by atoms with Crippen LogP contribution in [0.25, 0.3) is 0 Å². The van der Waals surface area contributed by atoms with Crippen molar-refractivity contribution in [2.45, 2.75) is 33.5 Å². The van der Waals surface area contributed by atoms with Crippen LogP contribution in [0, 0.1) is 6.92 Å². The Labute approximate surface area is 201 Å². The van der Waals surface area contributed by atoms with Crippen LogP contribution in [0.5, 0.6) is 0 Å². The number of benzene rings is 2. The van der Waals surface area contributed by atoms with E-state index in [1.54, 1.807) is 22.9 Å². The van der Waals surface area contributed by atoms with E-state index in [1.807, 2.05) is 31.2 Å². The zero-order chi connectivity index (χ0) is 23.9. The zero-order valence-corrected chi connectivity index (χ0v) is 20.2. The molecule has 1 aliphatic rings. The van der Waals surface area contributed by atoms with Gasteiger partial charge in [-0.3, -0.25) is 14.5 Å². The summed E-state index contributed by atoms with van der Waals surface area (Å²) < 4.78 is 1.58. The van der Waals surface area contributed by atoms with Crippen molar-refractivity contribution in [2.24, 2.45) is 0 Å². The number of nitrogens with zero attached hydrogens (tertiary/aromatic N) is 3. The third kappa shape index (κ3) is 6.22. The number of nitrogens with one attached hydrogen (secondary N) is 1. The van der Waals surface area contributed by atoms with Crippen molar-refractivity contribution in [1.29, 1.82) is 0 Å². The van der Waals surface area contributed by atoms with E-state index in [-0.39, 0.29) is 17.0 Å². The Morgan fingerprint density at radius 1 is 0.853 bits per heavy atom. The fourth-order valence-electron chi connectivity index (χ4n) is 4.40. The number of carbonyl (C=O) groups is 1. The van der Waals surface area contributed by atoms with Gasteiger partial charge in [-0.2, -0.15) is 0 Å². The van der Waals surface area contributed by atoms with Crippen molar-refractivity contribution < 1.29 is 4.79 Å². The molecule has 1 saturated heterocycles. The van der Waals surface area contributed by atoms with E-state index in [0.29, 0.717) is 13.1 Å². The Hall–Kier alpha value is -3.22. The smallest absolute Gasteiger partial charge is 0.263 e. The summed E-state index contributed by atoms with van der Waals surface area (Å²) in [6.07, 6.45) is 1.72. The number of hydrogen-bond donors (Lipinski definition) is 1. The van der Waals surface area contributed by atoms with Crippen LogP contribution >= 0.6 is 0 Å². The lowest BCUT2D eigenvalue weighted by Crippen LogP contribution is -2.45. The van der Waals surface area contributed by atoms with Gasteiger partial charge in [0, 0.05) is 45.5 Å². The van der Waals surface area contributed by atoms with Gasteiger partial charge in [0.25, 0.3) is 11.5 Å². The normalized spacial score (nSPS) is 14.8. The Morgan fingerprint density at radius 3 is 2.26 bits per heavy atom. The summed E-state index contributed by atoms with van der Waals surface area (Å²) in [5.74, 6) is -0.346. The van der Waals surface area contributed by atoms with Crippen LogP contribution in [0.2, 0.25) is 0 Å². The van der Waals surface area contributed by atoms with E-state index in [0.717, 1.165) is 56.0 Å². The lowest BCUT2D eigenvalue weighted by Gasteiger charge is -2.34. The van der Waals surface area contributed by atoms with E-state index in [1.165, 1.54) is 5.56 Å².